The van der Waals surface area contributed by atoms with Gasteiger partial charge in [0, 0.05) is 46.8 Å². The standard InChI is InChI=1S/C52H27N3O3/c1-54(2)51(57)38-21-18-26-28-10-12-30-31-13-15-33-35-17-20-37-49-39(52(58)55-41-6-4-3-5-40(41)53-50(37)55)22-19-36(48(35)49)34-16-14-32(46(31)47(33)34)29-11-9-27(44(28)45(29)30)25-8-7-24(23-56)42(38)43(25)26/h3-23H,1-2H3. The molecule has 0 bridgehead atoms. The van der Waals surface area contributed by atoms with Gasteiger partial charge >= 0.3 is 0 Å². The summed E-state index contributed by atoms with van der Waals surface area (Å²) in [5.41, 5.74) is 3.34. The Kier molecular flexibility index (Phi) is 5.25. The Labute approximate surface area is 327 Å². The number of aromatic nitrogens is 2. The molecule has 0 aliphatic rings. The third-order valence-electron chi connectivity index (χ3n) is 13.4. The number of amides is 1. The minimum absolute atomic E-state index is 0.0435. The van der Waals surface area contributed by atoms with Crippen LogP contribution in [0.3, 0.4) is 0 Å². The highest BCUT2D eigenvalue weighted by Crippen LogP contribution is 2.51. The molecule has 0 N–H and O–H groups in total. The molecule has 0 atom stereocenters. The van der Waals surface area contributed by atoms with E-state index in [1.165, 1.54) is 53.9 Å². The van der Waals surface area contributed by atoms with Crippen molar-refractivity contribution >= 4 is 147 Å². The molecule has 12 aromatic carbocycles. The van der Waals surface area contributed by atoms with E-state index in [1.54, 1.807) is 23.4 Å². The first-order valence-corrected chi connectivity index (χ1v) is 19.5. The summed E-state index contributed by atoms with van der Waals surface area (Å²) >= 11 is 0. The van der Waals surface area contributed by atoms with Gasteiger partial charge in [0.2, 0.25) is 0 Å². The first kappa shape index (κ1) is 30.5. The lowest BCUT2D eigenvalue weighted by atomic mass is 9.81. The third-order valence-corrected chi connectivity index (χ3v) is 13.4. The molecule has 0 spiro atoms. The van der Waals surface area contributed by atoms with Crippen molar-refractivity contribution in [1.29, 1.82) is 0 Å². The number of rotatable bonds is 2. The Morgan fingerprint density at radius 1 is 0.483 bits per heavy atom. The van der Waals surface area contributed by atoms with Gasteiger partial charge in [-0.3, -0.25) is 18.8 Å². The van der Waals surface area contributed by atoms with Gasteiger partial charge in [0.05, 0.1) is 11.0 Å². The largest absolute Gasteiger partial charge is 0.345 e. The number of nitrogens with zero attached hydrogens (tertiary/aromatic N) is 3. The minimum atomic E-state index is -0.128. The van der Waals surface area contributed by atoms with Crippen LogP contribution in [0.4, 0.5) is 0 Å². The molecule has 0 radical (unpaired) electrons. The predicted molar refractivity (Wildman–Crippen MR) is 240 cm³/mol. The molecule has 14 rings (SSSR count). The number of carbonyl (C=O) groups excluding carboxylic acids is 2. The molecule has 2 aromatic heterocycles. The lowest BCUT2D eigenvalue weighted by Gasteiger charge is -2.22. The Morgan fingerprint density at radius 3 is 1.33 bits per heavy atom. The summed E-state index contributed by atoms with van der Waals surface area (Å²) in [6.07, 6.45) is 0.863. The van der Waals surface area contributed by atoms with Crippen LogP contribution in [0.5, 0.6) is 0 Å². The molecule has 6 nitrogen and oxygen atoms in total. The van der Waals surface area contributed by atoms with Crippen LogP contribution in [-0.2, 0) is 0 Å². The molecule has 58 heavy (non-hydrogen) atoms. The maximum absolute atomic E-state index is 14.3. The van der Waals surface area contributed by atoms with Crippen LogP contribution in [0.1, 0.15) is 20.7 Å². The number of pyridine rings is 1. The summed E-state index contributed by atoms with van der Waals surface area (Å²) in [5, 5.41) is 23.9. The van der Waals surface area contributed by atoms with Crippen molar-refractivity contribution in [3.63, 3.8) is 0 Å². The lowest BCUT2D eigenvalue weighted by Crippen LogP contribution is -2.22. The number of aldehydes is 1. The zero-order valence-electron chi connectivity index (χ0n) is 31.2. The molecule has 268 valence electrons. The molecule has 0 fully saturated rings. The number of fused-ring (bicyclic) bond motifs is 10. The number of benzene rings is 12. The van der Waals surface area contributed by atoms with Crippen LogP contribution in [0.2, 0.25) is 0 Å². The first-order chi connectivity index (χ1) is 28.4. The third kappa shape index (κ3) is 3.29. The normalized spacial score (nSPS) is 12.9. The van der Waals surface area contributed by atoms with Crippen molar-refractivity contribution in [3.05, 3.63) is 143 Å². The molecule has 1 amide bonds. The summed E-state index contributed by atoms with van der Waals surface area (Å²) in [6, 6.07) is 42.4. The van der Waals surface area contributed by atoms with E-state index in [9.17, 15) is 14.4 Å². The van der Waals surface area contributed by atoms with E-state index in [1.807, 2.05) is 48.5 Å². The van der Waals surface area contributed by atoms with Crippen molar-refractivity contribution in [3.8, 4) is 0 Å². The van der Waals surface area contributed by atoms with E-state index in [0.717, 1.165) is 71.2 Å². The van der Waals surface area contributed by atoms with Crippen molar-refractivity contribution in [2.45, 2.75) is 0 Å². The number of imidazole rings is 1. The zero-order chi connectivity index (χ0) is 38.5. The second-order valence-electron chi connectivity index (χ2n) is 16.2. The number of hydrogen-bond donors (Lipinski definition) is 0. The van der Waals surface area contributed by atoms with E-state index in [4.69, 9.17) is 4.98 Å². The zero-order valence-corrected chi connectivity index (χ0v) is 31.2. The van der Waals surface area contributed by atoms with E-state index < -0.39 is 0 Å². The van der Waals surface area contributed by atoms with Gasteiger partial charge in [-0.1, -0.05) is 91.0 Å². The van der Waals surface area contributed by atoms with Crippen molar-refractivity contribution in [2.75, 3.05) is 14.1 Å². The SMILES string of the molecule is CN(C)C(=O)c1ccc2c3ccc4c5ccc6c7ccc8c9c(ccc(c%10ccc(c%11ccc(c%12ccc(C=O)c1c%122)c3c%114)c5c%106)c79)c(=O)n1c2ccccc2nc81. The maximum atomic E-state index is 14.3. The average Bonchev–Trinajstić information content (AvgIpc) is 3.66. The van der Waals surface area contributed by atoms with Crippen molar-refractivity contribution < 1.29 is 9.59 Å². The molecule has 2 heterocycles. The smallest absolute Gasteiger partial charge is 0.264 e. The highest BCUT2D eigenvalue weighted by molar-refractivity contribution is 6.47. The van der Waals surface area contributed by atoms with Crippen LogP contribution in [-0.4, -0.2) is 40.6 Å². The van der Waals surface area contributed by atoms with Gasteiger partial charge in [-0.2, -0.15) is 0 Å². The van der Waals surface area contributed by atoms with E-state index in [0.29, 0.717) is 27.5 Å². The van der Waals surface area contributed by atoms with Gasteiger partial charge in [0.1, 0.15) is 5.65 Å². The summed E-state index contributed by atoms with van der Waals surface area (Å²) in [6.45, 7) is 0. The first-order valence-electron chi connectivity index (χ1n) is 19.5. The fraction of sp³-hybridized carbons (Fsp3) is 0.0385. The van der Waals surface area contributed by atoms with Gasteiger partial charge in [-0.15, -0.1) is 0 Å². The van der Waals surface area contributed by atoms with Crippen LogP contribution >= 0.6 is 0 Å². The molecule has 14 aromatic rings. The van der Waals surface area contributed by atoms with Gasteiger partial charge in [0.25, 0.3) is 11.5 Å². The van der Waals surface area contributed by atoms with Crippen molar-refractivity contribution in [2.24, 2.45) is 0 Å². The molecule has 6 heteroatoms. The molecule has 0 saturated heterocycles. The van der Waals surface area contributed by atoms with Crippen LogP contribution in [0.15, 0.2) is 126 Å². The van der Waals surface area contributed by atoms with Crippen molar-refractivity contribution in [1.82, 2.24) is 14.3 Å². The van der Waals surface area contributed by atoms with E-state index in [2.05, 4.69) is 72.8 Å². The fourth-order valence-corrected chi connectivity index (χ4v) is 11.1. The fourth-order valence-electron chi connectivity index (χ4n) is 11.1. The summed E-state index contributed by atoms with van der Waals surface area (Å²) in [4.78, 5) is 46.7. The summed E-state index contributed by atoms with van der Waals surface area (Å²) in [5.74, 6) is -0.128. The molecular formula is C52H27N3O3. The predicted octanol–water partition coefficient (Wildman–Crippen LogP) is 11.8. The Hall–Kier alpha value is -7.70. The molecule has 0 aliphatic heterocycles. The molecular weight excluding hydrogens is 715 g/mol. The van der Waals surface area contributed by atoms with E-state index in [-0.39, 0.29) is 11.5 Å². The number of carbonyl (C=O) groups is 2. The summed E-state index contributed by atoms with van der Waals surface area (Å²) in [7, 11) is 3.49. The highest BCUT2D eigenvalue weighted by atomic mass is 16.2. The lowest BCUT2D eigenvalue weighted by molar-refractivity contribution is 0.0829. The van der Waals surface area contributed by atoms with Crippen LogP contribution in [0.25, 0.3) is 135 Å². The second kappa shape index (κ2) is 9.99. The Morgan fingerprint density at radius 2 is 0.862 bits per heavy atom. The Balaban J connectivity index is 1.13. The number of para-hydroxylation sites is 2. The topological polar surface area (TPSA) is 71.8 Å². The average molecular weight is 742 g/mol. The molecule has 0 unspecified atom stereocenters. The van der Waals surface area contributed by atoms with Gasteiger partial charge in [-0.25, -0.2) is 4.98 Å². The molecule has 0 saturated carbocycles. The van der Waals surface area contributed by atoms with Crippen LogP contribution in [0, 0.1) is 0 Å². The maximum Gasteiger partial charge on any atom is 0.264 e. The summed E-state index contributed by atoms with van der Waals surface area (Å²) < 4.78 is 1.77. The van der Waals surface area contributed by atoms with Gasteiger partial charge < -0.3 is 4.90 Å². The quantitative estimate of drug-likeness (QED) is 0.100. The van der Waals surface area contributed by atoms with Gasteiger partial charge in [-0.05, 0) is 127 Å². The minimum Gasteiger partial charge on any atom is -0.345 e. The monoisotopic (exact) mass is 741 g/mol. The van der Waals surface area contributed by atoms with Gasteiger partial charge in [0.15, 0.2) is 6.29 Å². The second-order valence-corrected chi connectivity index (χ2v) is 16.2. The highest BCUT2D eigenvalue weighted by Gasteiger charge is 2.26. The van der Waals surface area contributed by atoms with Crippen LogP contribution < -0.4 is 5.56 Å². The number of hydrogen-bond acceptors (Lipinski definition) is 4. The molecule has 0 aliphatic carbocycles. The Bertz CT molecular complexity index is 4180. The van der Waals surface area contributed by atoms with E-state index >= 15 is 0 Å².